The van der Waals surface area contributed by atoms with Crippen LogP contribution in [0.4, 0.5) is 5.69 Å². The minimum Gasteiger partial charge on any atom is -0.497 e. The molecule has 2 aromatic carbocycles. The van der Waals surface area contributed by atoms with E-state index in [1.165, 1.54) is 5.56 Å². The van der Waals surface area contributed by atoms with Gasteiger partial charge in [0.1, 0.15) is 5.75 Å². The maximum atomic E-state index is 12.5. The van der Waals surface area contributed by atoms with Gasteiger partial charge in [-0.2, -0.15) is 0 Å². The molecule has 0 aromatic heterocycles. The summed E-state index contributed by atoms with van der Waals surface area (Å²) >= 11 is 0. The van der Waals surface area contributed by atoms with Crippen molar-refractivity contribution in [3.05, 3.63) is 59.7 Å². The van der Waals surface area contributed by atoms with Crippen molar-refractivity contribution in [1.82, 2.24) is 0 Å². The second-order valence-electron chi connectivity index (χ2n) is 4.55. The van der Waals surface area contributed by atoms with E-state index in [-0.39, 0.29) is 5.12 Å². The third-order valence-electron chi connectivity index (χ3n) is 3.23. The van der Waals surface area contributed by atoms with Gasteiger partial charge in [-0.3, -0.25) is 9.79 Å². The molecule has 0 aliphatic carbocycles. The number of carbonyl (C=O) groups excluding carboxylic acids is 1. The van der Waals surface area contributed by atoms with Gasteiger partial charge in [-0.1, -0.05) is 30.3 Å². The number of rotatable bonds is 3. The number of aliphatic imine (C=N–C) groups is 1. The molecule has 4 heteroatoms. The molecule has 1 aliphatic rings. The van der Waals surface area contributed by atoms with Crippen LogP contribution in [0.1, 0.15) is 15.9 Å². The Kier molecular flexibility index (Phi) is 3.56. The molecule has 3 nitrogen and oxygen atoms in total. The summed E-state index contributed by atoms with van der Waals surface area (Å²) in [5.41, 5.74) is 4.40. The van der Waals surface area contributed by atoms with Gasteiger partial charge in [0, 0.05) is 17.4 Å². The Morgan fingerprint density at radius 2 is 1.95 bits per heavy atom. The molecule has 0 amide bonds. The molecule has 0 radical (unpaired) electrons. The molecule has 0 N–H and O–H groups in total. The predicted octanol–water partition coefficient (Wildman–Crippen LogP) is 3.71. The Hall–Kier alpha value is -2.07. The number of ether oxygens (including phenoxy) is 1. The summed E-state index contributed by atoms with van der Waals surface area (Å²) in [7, 11) is 0.728. The molecule has 0 saturated carbocycles. The van der Waals surface area contributed by atoms with Crippen molar-refractivity contribution in [2.45, 2.75) is 5.75 Å². The van der Waals surface area contributed by atoms with Crippen LogP contribution in [0, 0.1) is 0 Å². The van der Waals surface area contributed by atoms with Crippen LogP contribution in [0.5, 0.6) is 5.75 Å². The van der Waals surface area contributed by atoms with Gasteiger partial charge in [-0.05, 0) is 17.7 Å². The van der Waals surface area contributed by atoms with Crippen LogP contribution in [0.2, 0.25) is 0 Å². The Bertz CT molecular complexity index is 667. The molecule has 3 rings (SSSR count). The summed E-state index contributed by atoms with van der Waals surface area (Å²) in [6.45, 7) is 0. The number of fused-ring (bicyclic) bond motifs is 1. The zero-order valence-corrected chi connectivity index (χ0v) is 12.0. The molecule has 0 spiro atoms. The van der Waals surface area contributed by atoms with Crippen LogP contribution >= 0.6 is 10.9 Å². The summed E-state index contributed by atoms with van der Waals surface area (Å²) in [5.74, 6) is 1.48. The maximum Gasteiger partial charge on any atom is 0.207 e. The van der Waals surface area contributed by atoms with E-state index in [0.29, 0.717) is 11.3 Å². The highest BCUT2D eigenvalue weighted by Crippen LogP contribution is 2.40. The van der Waals surface area contributed by atoms with Crippen molar-refractivity contribution in [2.75, 3.05) is 7.11 Å². The van der Waals surface area contributed by atoms with Crippen molar-refractivity contribution in [3.63, 3.8) is 0 Å². The number of hydrogen-bond acceptors (Lipinski definition) is 3. The molecule has 1 heterocycles. The SMILES string of the molecule is COc1ccc2c(c1)N=C[SH](Cc1ccccc1)C2=O. The molecule has 1 atom stereocenters. The van der Waals surface area contributed by atoms with Crippen LogP contribution in [0.25, 0.3) is 0 Å². The smallest absolute Gasteiger partial charge is 0.207 e. The van der Waals surface area contributed by atoms with Crippen LogP contribution in [-0.2, 0) is 5.75 Å². The molecule has 1 aliphatic heterocycles. The Balaban J connectivity index is 1.87. The third-order valence-corrected chi connectivity index (χ3v) is 5.09. The van der Waals surface area contributed by atoms with E-state index in [1.54, 1.807) is 13.2 Å². The minimum absolute atomic E-state index is 0.191. The van der Waals surface area contributed by atoms with E-state index in [4.69, 9.17) is 4.74 Å². The van der Waals surface area contributed by atoms with Gasteiger partial charge >= 0.3 is 0 Å². The second kappa shape index (κ2) is 5.51. The lowest BCUT2D eigenvalue weighted by atomic mass is 10.2. The fourth-order valence-corrected chi connectivity index (χ4v) is 3.85. The molecule has 1 unspecified atom stereocenters. The lowest BCUT2D eigenvalue weighted by Gasteiger charge is -2.21. The van der Waals surface area contributed by atoms with Crippen LogP contribution < -0.4 is 4.74 Å². The molecular formula is C16H15NO2S. The molecule has 102 valence electrons. The van der Waals surface area contributed by atoms with Crippen LogP contribution in [-0.4, -0.2) is 17.8 Å². The molecule has 0 bridgehead atoms. The van der Waals surface area contributed by atoms with Crippen molar-refractivity contribution in [1.29, 1.82) is 0 Å². The van der Waals surface area contributed by atoms with E-state index in [1.807, 2.05) is 48.0 Å². The standard InChI is InChI=1S/C16H15NO2S/c1-19-13-7-8-14-15(9-13)17-11-20(16(14)18)10-12-5-3-2-4-6-12/h2-9,11,20H,10H2,1H3. The van der Waals surface area contributed by atoms with Gasteiger partial charge in [-0.15, -0.1) is 10.9 Å². The van der Waals surface area contributed by atoms with Gasteiger partial charge < -0.3 is 4.74 Å². The topological polar surface area (TPSA) is 38.7 Å². The highest BCUT2D eigenvalue weighted by atomic mass is 32.2. The zero-order chi connectivity index (χ0) is 13.9. The Labute approximate surface area is 120 Å². The summed E-state index contributed by atoms with van der Waals surface area (Å²) in [5, 5.41) is 0.191. The first kappa shape index (κ1) is 12.9. The van der Waals surface area contributed by atoms with Crippen LogP contribution in [0.15, 0.2) is 53.5 Å². The number of nitrogens with zero attached hydrogens (tertiary/aromatic N) is 1. The fraction of sp³-hybridized carbons (Fsp3) is 0.125. The highest BCUT2D eigenvalue weighted by Gasteiger charge is 2.22. The zero-order valence-electron chi connectivity index (χ0n) is 11.1. The molecule has 0 saturated heterocycles. The quantitative estimate of drug-likeness (QED) is 0.873. The van der Waals surface area contributed by atoms with Gasteiger partial charge in [0.05, 0.1) is 18.4 Å². The molecular weight excluding hydrogens is 270 g/mol. The van der Waals surface area contributed by atoms with E-state index < -0.39 is 10.9 Å². The highest BCUT2D eigenvalue weighted by molar-refractivity contribution is 8.39. The third kappa shape index (κ3) is 2.47. The fourth-order valence-electron chi connectivity index (χ4n) is 2.16. The monoisotopic (exact) mass is 285 g/mol. The summed E-state index contributed by atoms with van der Waals surface area (Å²) in [6.07, 6.45) is 0. The lowest BCUT2D eigenvalue weighted by Crippen LogP contribution is -2.08. The number of carbonyl (C=O) groups is 1. The molecule has 20 heavy (non-hydrogen) atoms. The molecule has 0 fully saturated rings. The first-order valence-electron chi connectivity index (χ1n) is 6.35. The summed E-state index contributed by atoms with van der Waals surface area (Å²) in [6, 6.07) is 15.5. The second-order valence-corrected chi connectivity index (χ2v) is 6.44. The van der Waals surface area contributed by atoms with Crippen molar-refractivity contribution >= 4 is 27.2 Å². The summed E-state index contributed by atoms with van der Waals surface area (Å²) in [4.78, 5) is 17.0. The minimum atomic E-state index is -0.881. The normalized spacial score (nSPS) is 18.6. The predicted molar refractivity (Wildman–Crippen MR) is 84.6 cm³/mol. The average Bonchev–Trinajstić information content (AvgIpc) is 2.51. The van der Waals surface area contributed by atoms with Gasteiger partial charge in [0.25, 0.3) is 0 Å². The van der Waals surface area contributed by atoms with Crippen LogP contribution in [0.3, 0.4) is 0 Å². The van der Waals surface area contributed by atoms with Crippen molar-refractivity contribution < 1.29 is 9.53 Å². The first-order valence-corrected chi connectivity index (χ1v) is 7.94. The molecule has 2 aromatic rings. The maximum absolute atomic E-state index is 12.5. The lowest BCUT2D eigenvalue weighted by molar-refractivity contribution is 0.108. The van der Waals surface area contributed by atoms with E-state index in [0.717, 1.165) is 11.5 Å². The van der Waals surface area contributed by atoms with E-state index >= 15 is 0 Å². The van der Waals surface area contributed by atoms with Crippen molar-refractivity contribution in [3.8, 4) is 5.75 Å². The van der Waals surface area contributed by atoms with E-state index in [2.05, 4.69) is 4.99 Å². The number of hydrogen-bond donors (Lipinski definition) is 1. The average molecular weight is 285 g/mol. The number of benzene rings is 2. The van der Waals surface area contributed by atoms with Gasteiger partial charge in [0.15, 0.2) is 0 Å². The number of thiol groups is 1. The van der Waals surface area contributed by atoms with Crippen molar-refractivity contribution in [2.24, 2.45) is 4.99 Å². The van der Waals surface area contributed by atoms with Gasteiger partial charge in [-0.25, -0.2) is 0 Å². The first-order chi connectivity index (χ1) is 9.78. The Morgan fingerprint density at radius 1 is 1.15 bits per heavy atom. The summed E-state index contributed by atoms with van der Waals surface area (Å²) < 4.78 is 5.16. The van der Waals surface area contributed by atoms with Gasteiger partial charge in [0.2, 0.25) is 5.12 Å². The van der Waals surface area contributed by atoms with E-state index in [9.17, 15) is 4.79 Å². The largest absolute Gasteiger partial charge is 0.497 e. The Morgan fingerprint density at radius 3 is 2.70 bits per heavy atom. The number of methoxy groups -OCH3 is 1.